The molecule has 1 aliphatic rings. The number of carboxylic acids is 1. The molecule has 5 nitrogen and oxygen atoms in total. The fraction of sp³-hybridized carbons (Fsp3) is 0.833. The van der Waals surface area contributed by atoms with Crippen molar-refractivity contribution in [3.63, 3.8) is 0 Å². The fourth-order valence-corrected chi connectivity index (χ4v) is 1.95. The largest absolute Gasteiger partial charge is 0.481 e. The molecule has 1 amide bonds. The summed E-state index contributed by atoms with van der Waals surface area (Å²) in [7, 11) is 0. The van der Waals surface area contributed by atoms with Crippen molar-refractivity contribution in [2.45, 2.75) is 46.3 Å². The van der Waals surface area contributed by atoms with Gasteiger partial charge in [0.25, 0.3) is 0 Å². The minimum atomic E-state index is -1.01. The van der Waals surface area contributed by atoms with Crippen LogP contribution in [0.3, 0.4) is 0 Å². The molecule has 1 rings (SSSR count). The molecule has 2 unspecified atom stereocenters. The lowest BCUT2D eigenvalue weighted by Gasteiger charge is -2.36. The number of carboxylic acid groups (broad SMARTS) is 1. The topological polar surface area (TPSA) is 66.8 Å². The van der Waals surface area contributed by atoms with E-state index < -0.39 is 11.4 Å². The fourth-order valence-electron chi connectivity index (χ4n) is 1.95. The van der Waals surface area contributed by atoms with Gasteiger partial charge in [0.2, 0.25) is 5.91 Å². The zero-order valence-electron chi connectivity index (χ0n) is 10.9. The summed E-state index contributed by atoms with van der Waals surface area (Å²) in [6, 6.07) is 0. The maximum atomic E-state index is 12.0. The van der Waals surface area contributed by atoms with Crippen molar-refractivity contribution in [2.24, 2.45) is 5.41 Å². The summed E-state index contributed by atoms with van der Waals surface area (Å²) in [5.74, 6) is -1.06. The predicted molar refractivity (Wildman–Crippen MR) is 62.6 cm³/mol. The summed E-state index contributed by atoms with van der Waals surface area (Å²) in [5, 5.41) is 9.00. The second-order valence-electron chi connectivity index (χ2n) is 5.42. The molecule has 0 radical (unpaired) electrons. The molecular weight excluding hydrogens is 222 g/mol. The number of carbonyl (C=O) groups is 2. The van der Waals surface area contributed by atoms with Crippen LogP contribution >= 0.6 is 0 Å². The average molecular weight is 243 g/mol. The van der Waals surface area contributed by atoms with Gasteiger partial charge in [-0.1, -0.05) is 0 Å². The van der Waals surface area contributed by atoms with Crippen LogP contribution in [-0.2, 0) is 14.3 Å². The molecule has 0 aromatic heterocycles. The Morgan fingerprint density at radius 1 is 1.29 bits per heavy atom. The summed E-state index contributed by atoms with van der Waals surface area (Å²) in [5.41, 5.74) is -1.01. The van der Waals surface area contributed by atoms with E-state index in [4.69, 9.17) is 9.84 Å². The van der Waals surface area contributed by atoms with Gasteiger partial charge in [-0.3, -0.25) is 9.59 Å². The van der Waals surface area contributed by atoms with E-state index in [2.05, 4.69) is 0 Å². The Hall–Kier alpha value is -1.10. The Morgan fingerprint density at radius 3 is 2.18 bits per heavy atom. The standard InChI is InChI=1S/C12H21NO4/c1-8-6-13(7-9(2)17-8)10(14)5-12(3,4)11(15)16/h8-9H,5-7H2,1-4H3,(H,15,16). The van der Waals surface area contributed by atoms with Crippen LogP contribution in [0, 0.1) is 5.41 Å². The summed E-state index contributed by atoms with van der Waals surface area (Å²) >= 11 is 0. The molecule has 98 valence electrons. The highest BCUT2D eigenvalue weighted by Gasteiger charge is 2.34. The van der Waals surface area contributed by atoms with E-state index in [0.29, 0.717) is 13.1 Å². The maximum absolute atomic E-state index is 12.0. The van der Waals surface area contributed by atoms with Crippen molar-refractivity contribution in [1.82, 2.24) is 4.90 Å². The van der Waals surface area contributed by atoms with E-state index in [1.165, 1.54) is 0 Å². The lowest BCUT2D eigenvalue weighted by atomic mass is 9.89. The molecule has 0 aliphatic carbocycles. The van der Waals surface area contributed by atoms with Crippen LogP contribution in [0.25, 0.3) is 0 Å². The van der Waals surface area contributed by atoms with Gasteiger partial charge in [-0.2, -0.15) is 0 Å². The second-order valence-corrected chi connectivity index (χ2v) is 5.42. The highest BCUT2D eigenvalue weighted by atomic mass is 16.5. The molecule has 17 heavy (non-hydrogen) atoms. The molecular formula is C12H21NO4. The molecule has 5 heteroatoms. The van der Waals surface area contributed by atoms with E-state index in [-0.39, 0.29) is 24.5 Å². The van der Waals surface area contributed by atoms with Crippen LogP contribution in [0.2, 0.25) is 0 Å². The van der Waals surface area contributed by atoms with Crippen molar-refractivity contribution in [3.8, 4) is 0 Å². The van der Waals surface area contributed by atoms with Gasteiger partial charge in [-0.15, -0.1) is 0 Å². The molecule has 1 saturated heterocycles. The van der Waals surface area contributed by atoms with Gasteiger partial charge in [0, 0.05) is 19.5 Å². The molecule has 1 fully saturated rings. The molecule has 0 aromatic carbocycles. The Labute approximate surface area is 102 Å². The van der Waals surface area contributed by atoms with Gasteiger partial charge in [-0.05, 0) is 27.7 Å². The van der Waals surface area contributed by atoms with Gasteiger partial charge < -0.3 is 14.7 Å². The summed E-state index contributed by atoms with van der Waals surface area (Å²) in [6.07, 6.45) is 0.0492. The number of amides is 1. The molecule has 0 spiro atoms. The minimum absolute atomic E-state index is 0.00985. The first-order chi connectivity index (χ1) is 7.72. The second kappa shape index (κ2) is 5.04. The minimum Gasteiger partial charge on any atom is -0.481 e. The van der Waals surface area contributed by atoms with Gasteiger partial charge in [0.05, 0.1) is 17.6 Å². The molecule has 1 heterocycles. The summed E-state index contributed by atoms with van der Waals surface area (Å²) in [6.45, 7) is 8.05. The lowest BCUT2D eigenvalue weighted by molar-refractivity contribution is -0.155. The van der Waals surface area contributed by atoms with Crippen LogP contribution in [0.15, 0.2) is 0 Å². The zero-order chi connectivity index (χ0) is 13.2. The van der Waals surface area contributed by atoms with Gasteiger partial charge in [0.15, 0.2) is 0 Å². The average Bonchev–Trinajstić information content (AvgIpc) is 2.15. The van der Waals surface area contributed by atoms with Crippen molar-refractivity contribution in [3.05, 3.63) is 0 Å². The molecule has 1 N–H and O–H groups in total. The lowest BCUT2D eigenvalue weighted by Crippen LogP contribution is -2.49. The molecule has 0 bridgehead atoms. The Balaban J connectivity index is 2.61. The monoisotopic (exact) mass is 243 g/mol. The Kier molecular flexibility index (Phi) is 4.14. The molecule has 0 saturated carbocycles. The summed E-state index contributed by atoms with van der Waals surface area (Å²) < 4.78 is 5.53. The first-order valence-corrected chi connectivity index (χ1v) is 5.89. The van der Waals surface area contributed by atoms with Crippen molar-refractivity contribution in [1.29, 1.82) is 0 Å². The quantitative estimate of drug-likeness (QED) is 0.806. The van der Waals surface area contributed by atoms with E-state index in [1.807, 2.05) is 13.8 Å². The summed E-state index contributed by atoms with van der Waals surface area (Å²) in [4.78, 5) is 24.7. The van der Waals surface area contributed by atoms with Gasteiger partial charge >= 0.3 is 5.97 Å². The van der Waals surface area contributed by atoms with Crippen LogP contribution in [0.5, 0.6) is 0 Å². The SMILES string of the molecule is CC1CN(C(=O)CC(C)(C)C(=O)O)CC(C)O1. The number of rotatable bonds is 3. The molecule has 0 aromatic rings. The smallest absolute Gasteiger partial charge is 0.309 e. The van der Waals surface area contributed by atoms with E-state index in [9.17, 15) is 9.59 Å². The third kappa shape index (κ3) is 3.70. The highest BCUT2D eigenvalue weighted by Crippen LogP contribution is 2.23. The third-order valence-electron chi connectivity index (χ3n) is 2.94. The zero-order valence-corrected chi connectivity index (χ0v) is 10.9. The van der Waals surface area contributed by atoms with Crippen molar-refractivity contribution >= 4 is 11.9 Å². The number of hydrogen-bond donors (Lipinski definition) is 1. The van der Waals surface area contributed by atoms with Crippen LogP contribution < -0.4 is 0 Å². The Morgan fingerprint density at radius 2 is 1.76 bits per heavy atom. The first-order valence-electron chi connectivity index (χ1n) is 5.89. The van der Waals surface area contributed by atoms with Crippen LogP contribution in [0.4, 0.5) is 0 Å². The predicted octanol–water partition coefficient (Wildman–Crippen LogP) is 1.12. The number of carbonyl (C=O) groups excluding carboxylic acids is 1. The van der Waals surface area contributed by atoms with E-state index in [0.717, 1.165) is 0 Å². The number of hydrogen-bond acceptors (Lipinski definition) is 3. The molecule has 2 atom stereocenters. The number of ether oxygens (including phenoxy) is 1. The number of morpholine rings is 1. The van der Waals surface area contributed by atoms with Gasteiger partial charge in [0.1, 0.15) is 0 Å². The normalized spacial score (nSPS) is 25.8. The van der Waals surface area contributed by atoms with Crippen molar-refractivity contribution in [2.75, 3.05) is 13.1 Å². The molecule has 1 aliphatic heterocycles. The van der Waals surface area contributed by atoms with Crippen LogP contribution in [0.1, 0.15) is 34.1 Å². The Bertz CT molecular complexity index is 304. The van der Waals surface area contributed by atoms with Crippen LogP contribution in [-0.4, -0.2) is 47.2 Å². The van der Waals surface area contributed by atoms with Gasteiger partial charge in [-0.25, -0.2) is 0 Å². The number of aliphatic carboxylic acids is 1. The van der Waals surface area contributed by atoms with E-state index in [1.54, 1.807) is 18.7 Å². The number of nitrogens with zero attached hydrogens (tertiary/aromatic N) is 1. The first kappa shape index (κ1) is 14.0. The maximum Gasteiger partial charge on any atom is 0.309 e. The van der Waals surface area contributed by atoms with E-state index >= 15 is 0 Å². The highest BCUT2D eigenvalue weighted by molar-refractivity contribution is 5.84. The third-order valence-corrected chi connectivity index (χ3v) is 2.94. The van der Waals surface area contributed by atoms with Crippen molar-refractivity contribution < 1.29 is 19.4 Å².